The smallest absolute Gasteiger partial charge is 0.0837 e. The molecular weight excluding hydrogens is 444 g/mol. The van der Waals surface area contributed by atoms with E-state index in [0.29, 0.717) is 0 Å². The van der Waals surface area contributed by atoms with E-state index in [1.165, 1.54) is 162 Å². The van der Waals surface area contributed by atoms with Crippen molar-refractivity contribution in [2.45, 2.75) is 155 Å². The van der Waals surface area contributed by atoms with Crippen LogP contribution in [0.1, 0.15) is 142 Å². The van der Waals surface area contributed by atoms with Crippen molar-refractivity contribution in [3.05, 3.63) is 24.5 Å². The summed E-state index contributed by atoms with van der Waals surface area (Å²) in [6, 6.07) is 4.70. The van der Waals surface area contributed by atoms with Gasteiger partial charge in [0.2, 0.25) is 0 Å². The molecule has 0 bridgehead atoms. The van der Waals surface area contributed by atoms with Crippen molar-refractivity contribution in [1.29, 1.82) is 0 Å². The second kappa shape index (κ2) is 17.3. The summed E-state index contributed by atoms with van der Waals surface area (Å²) in [5, 5.41) is 0. The first-order valence-electron chi connectivity index (χ1n) is 15.4. The molecule has 0 aliphatic carbocycles. The topological polar surface area (TPSA) is 9.86 Å². The second-order valence-electron chi connectivity index (χ2n) is 10.9. The fourth-order valence-corrected chi connectivity index (χ4v) is 6.72. The predicted molar refractivity (Wildman–Crippen MR) is 159 cm³/mol. The van der Waals surface area contributed by atoms with Gasteiger partial charge in [0.15, 0.2) is 0 Å². The summed E-state index contributed by atoms with van der Waals surface area (Å²) in [4.78, 5) is 0. The van der Waals surface area contributed by atoms with Crippen LogP contribution in [0.5, 0.6) is 0 Å². The molecule has 0 saturated carbocycles. The van der Waals surface area contributed by atoms with Gasteiger partial charge in [-0.15, -0.1) is 11.3 Å². The Balaban J connectivity index is 1.36. The first kappa shape index (κ1) is 28.4. The molecule has 0 N–H and O–H groups in total. The van der Waals surface area contributed by atoms with Gasteiger partial charge in [0.1, 0.15) is 0 Å². The highest BCUT2D eigenvalue weighted by atomic mass is 32.1. The molecule has 0 spiro atoms. The standard InChI is InChI=1S/C32H54N2S/c1-3-5-7-9-11-13-15-17-19-21-25-33-27-23-29-31(33)32-30(35-29)24-28-34(32)26-22-20-18-16-14-12-10-8-6-4-2/h23-24,27-28H,3-22,25-26H2,1-2H3. The maximum atomic E-state index is 2.55. The number of unbranched alkanes of at least 4 members (excludes halogenated alkanes) is 18. The van der Waals surface area contributed by atoms with E-state index in [2.05, 4.69) is 47.5 Å². The van der Waals surface area contributed by atoms with Gasteiger partial charge < -0.3 is 9.13 Å². The van der Waals surface area contributed by atoms with Gasteiger partial charge in [-0.3, -0.25) is 0 Å². The van der Waals surface area contributed by atoms with Crippen LogP contribution in [0, 0.1) is 0 Å². The van der Waals surface area contributed by atoms with Crippen LogP contribution in [-0.4, -0.2) is 9.13 Å². The van der Waals surface area contributed by atoms with Crippen molar-refractivity contribution in [3.63, 3.8) is 0 Å². The Morgan fingerprint density at radius 3 is 1.11 bits per heavy atom. The lowest BCUT2D eigenvalue weighted by molar-refractivity contribution is 0.536. The van der Waals surface area contributed by atoms with E-state index in [4.69, 9.17) is 0 Å². The Morgan fingerprint density at radius 1 is 0.457 bits per heavy atom. The highest BCUT2D eigenvalue weighted by Gasteiger charge is 2.13. The fraction of sp³-hybridized carbons (Fsp3) is 0.750. The van der Waals surface area contributed by atoms with Gasteiger partial charge in [-0.2, -0.15) is 0 Å². The highest BCUT2D eigenvalue weighted by Crippen LogP contribution is 2.36. The van der Waals surface area contributed by atoms with Crippen molar-refractivity contribution in [1.82, 2.24) is 9.13 Å². The Hall–Kier alpha value is -1.22. The van der Waals surface area contributed by atoms with Gasteiger partial charge >= 0.3 is 0 Å². The van der Waals surface area contributed by atoms with Crippen LogP contribution in [0.15, 0.2) is 24.5 Å². The summed E-state index contributed by atoms with van der Waals surface area (Å²) in [6.07, 6.45) is 32.8. The molecule has 35 heavy (non-hydrogen) atoms. The lowest BCUT2D eigenvalue weighted by Crippen LogP contribution is -2.00. The van der Waals surface area contributed by atoms with E-state index in [1.54, 1.807) is 0 Å². The van der Waals surface area contributed by atoms with Crippen LogP contribution >= 0.6 is 11.3 Å². The zero-order chi connectivity index (χ0) is 24.6. The molecule has 3 rings (SSSR count). The van der Waals surface area contributed by atoms with E-state index in [0.717, 1.165) is 0 Å². The largest absolute Gasteiger partial charge is 0.345 e. The number of nitrogens with zero attached hydrogens (tertiary/aromatic N) is 2. The maximum absolute atomic E-state index is 2.55. The number of aryl methyl sites for hydroxylation is 2. The van der Waals surface area contributed by atoms with Crippen LogP contribution in [0.25, 0.3) is 20.4 Å². The van der Waals surface area contributed by atoms with E-state index in [-0.39, 0.29) is 0 Å². The zero-order valence-corrected chi connectivity index (χ0v) is 24.0. The molecule has 3 heteroatoms. The summed E-state index contributed by atoms with van der Waals surface area (Å²) in [7, 11) is 0. The van der Waals surface area contributed by atoms with E-state index < -0.39 is 0 Å². The van der Waals surface area contributed by atoms with Crippen LogP contribution in [0.3, 0.4) is 0 Å². The minimum Gasteiger partial charge on any atom is -0.345 e. The average Bonchev–Trinajstić information content (AvgIpc) is 3.54. The molecule has 198 valence electrons. The molecule has 3 aromatic heterocycles. The third-order valence-corrected chi connectivity index (χ3v) is 8.90. The molecular formula is C32H54N2S. The molecule has 0 aromatic carbocycles. The van der Waals surface area contributed by atoms with Crippen molar-refractivity contribution in [2.24, 2.45) is 0 Å². The number of fused-ring (bicyclic) bond motifs is 3. The molecule has 0 fully saturated rings. The highest BCUT2D eigenvalue weighted by molar-refractivity contribution is 7.25. The lowest BCUT2D eigenvalue weighted by atomic mass is 10.1. The monoisotopic (exact) mass is 498 g/mol. The Morgan fingerprint density at radius 2 is 0.771 bits per heavy atom. The normalized spacial score (nSPS) is 11.9. The number of hydrogen-bond acceptors (Lipinski definition) is 1. The molecule has 0 aliphatic heterocycles. The van der Waals surface area contributed by atoms with Gasteiger partial charge in [0.05, 0.1) is 20.4 Å². The molecule has 0 amide bonds. The van der Waals surface area contributed by atoms with Gasteiger partial charge in [-0.1, -0.05) is 129 Å². The summed E-state index contributed by atoms with van der Waals surface area (Å²) >= 11 is 1.98. The van der Waals surface area contributed by atoms with Crippen LogP contribution in [0.4, 0.5) is 0 Å². The number of hydrogen-bond donors (Lipinski definition) is 0. The third-order valence-electron chi connectivity index (χ3n) is 7.80. The molecule has 0 atom stereocenters. The third kappa shape index (κ3) is 9.63. The number of rotatable bonds is 22. The second-order valence-corrected chi connectivity index (χ2v) is 12.0. The maximum Gasteiger partial charge on any atom is 0.0837 e. The van der Waals surface area contributed by atoms with Gasteiger partial charge in [0, 0.05) is 25.5 Å². The van der Waals surface area contributed by atoms with Crippen molar-refractivity contribution in [2.75, 3.05) is 0 Å². The van der Waals surface area contributed by atoms with Gasteiger partial charge in [-0.25, -0.2) is 0 Å². The lowest BCUT2D eigenvalue weighted by Gasteiger charge is -2.08. The summed E-state index contributed by atoms with van der Waals surface area (Å²) in [6.45, 7) is 6.95. The summed E-state index contributed by atoms with van der Waals surface area (Å²) < 4.78 is 8.04. The summed E-state index contributed by atoms with van der Waals surface area (Å²) in [5.41, 5.74) is 3.00. The minimum atomic E-state index is 1.18. The fourth-order valence-electron chi connectivity index (χ4n) is 5.61. The van der Waals surface area contributed by atoms with Crippen LogP contribution in [0.2, 0.25) is 0 Å². The molecule has 0 radical (unpaired) electrons. The SMILES string of the molecule is CCCCCCCCCCCCn1ccc2sc3ccn(CCCCCCCCCCCC)c3c21. The number of aromatic nitrogens is 2. The van der Waals surface area contributed by atoms with Crippen molar-refractivity contribution >= 4 is 31.8 Å². The molecule has 0 aliphatic rings. The molecule has 0 saturated heterocycles. The Labute approximate surface area is 220 Å². The average molecular weight is 499 g/mol. The molecule has 3 heterocycles. The zero-order valence-electron chi connectivity index (χ0n) is 23.2. The predicted octanol–water partition coefficient (Wildman–Crippen LogP) is 11.5. The summed E-state index contributed by atoms with van der Waals surface area (Å²) in [5.74, 6) is 0. The van der Waals surface area contributed by atoms with Crippen LogP contribution in [-0.2, 0) is 13.1 Å². The first-order valence-corrected chi connectivity index (χ1v) is 16.2. The van der Waals surface area contributed by atoms with Gasteiger partial charge in [0.25, 0.3) is 0 Å². The van der Waals surface area contributed by atoms with Crippen molar-refractivity contribution < 1.29 is 0 Å². The Kier molecular flexibility index (Phi) is 14.0. The molecule has 0 unspecified atom stereocenters. The van der Waals surface area contributed by atoms with Crippen LogP contribution < -0.4 is 0 Å². The Bertz CT molecular complexity index is 842. The van der Waals surface area contributed by atoms with E-state index in [9.17, 15) is 0 Å². The minimum absolute atomic E-state index is 1.18. The molecule has 2 nitrogen and oxygen atoms in total. The van der Waals surface area contributed by atoms with Gasteiger partial charge in [-0.05, 0) is 25.0 Å². The number of thiophene rings is 1. The van der Waals surface area contributed by atoms with Crippen molar-refractivity contribution in [3.8, 4) is 0 Å². The molecule has 3 aromatic rings. The van der Waals surface area contributed by atoms with E-state index in [1.807, 2.05) is 11.3 Å². The van der Waals surface area contributed by atoms with E-state index >= 15 is 0 Å². The quantitative estimate of drug-likeness (QED) is 0.122. The first-order chi connectivity index (χ1) is 17.3.